The number of anilines is 2. The maximum atomic E-state index is 14.8. The molecule has 1 aliphatic rings. The SMILES string of the molecule is COc1ccc(-c2cnc3c(Nc4ccc(C(=O)NC5CC(NC(=O)C[N+](C)(C)C)C5)c(C)c4)nccn23)c(F)c1F.[Cl-]. The zero-order chi connectivity index (χ0) is 30.2. The number of likely N-dealkylation sites (N-methyl/N-ethyl adjacent to an activating group) is 1. The minimum Gasteiger partial charge on any atom is -1.00 e. The average Bonchev–Trinajstić information content (AvgIpc) is 3.33. The highest BCUT2D eigenvalue weighted by molar-refractivity contribution is 5.96. The van der Waals surface area contributed by atoms with Gasteiger partial charge in [0.2, 0.25) is 5.82 Å². The van der Waals surface area contributed by atoms with E-state index in [1.54, 1.807) is 22.7 Å². The van der Waals surface area contributed by atoms with Gasteiger partial charge in [-0.3, -0.25) is 14.0 Å². The Morgan fingerprint density at radius 2 is 1.77 bits per heavy atom. The van der Waals surface area contributed by atoms with E-state index in [1.807, 2.05) is 34.1 Å². The summed E-state index contributed by atoms with van der Waals surface area (Å²) in [6, 6.07) is 8.21. The number of carbonyl (C=O) groups is 2. The van der Waals surface area contributed by atoms with Gasteiger partial charge in [0.25, 0.3) is 11.8 Å². The molecule has 0 aliphatic heterocycles. The lowest BCUT2D eigenvalue weighted by atomic mass is 9.86. The summed E-state index contributed by atoms with van der Waals surface area (Å²) in [5.41, 5.74) is 2.79. The van der Waals surface area contributed by atoms with E-state index in [0.717, 1.165) is 5.56 Å². The third-order valence-corrected chi connectivity index (χ3v) is 7.16. The van der Waals surface area contributed by atoms with Gasteiger partial charge < -0.3 is 37.6 Å². The molecular weight excluding hydrogens is 580 g/mol. The summed E-state index contributed by atoms with van der Waals surface area (Å²) in [4.78, 5) is 33.9. The molecule has 3 N–H and O–H groups in total. The number of halogens is 3. The molecule has 13 heteroatoms. The molecule has 2 aromatic carbocycles. The first-order valence-corrected chi connectivity index (χ1v) is 13.6. The Kier molecular flexibility index (Phi) is 9.21. The van der Waals surface area contributed by atoms with Crippen LogP contribution in [0.1, 0.15) is 28.8 Å². The molecule has 43 heavy (non-hydrogen) atoms. The number of quaternary nitrogens is 1. The largest absolute Gasteiger partial charge is 1.00 e. The number of rotatable bonds is 9. The van der Waals surface area contributed by atoms with E-state index in [-0.39, 0.29) is 47.6 Å². The number of hydrogen-bond acceptors (Lipinski definition) is 6. The molecule has 2 aromatic heterocycles. The zero-order valence-electron chi connectivity index (χ0n) is 24.5. The van der Waals surface area contributed by atoms with Crippen LogP contribution in [0.25, 0.3) is 16.9 Å². The van der Waals surface area contributed by atoms with Gasteiger partial charge >= 0.3 is 0 Å². The molecule has 1 saturated carbocycles. The topological polar surface area (TPSA) is 110 Å². The first kappa shape index (κ1) is 31.6. The molecule has 0 atom stereocenters. The van der Waals surface area contributed by atoms with Crippen LogP contribution in [0.2, 0.25) is 0 Å². The summed E-state index contributed by atoms with van der Waals surface area (Å²) in [5, 5.41) is 9.28. The van der Waals surface area contributed by atoms with Gasteiger partial charge in [-0.15, -0.1) is 0 Å². The lowest BCUT2D eigenvalue weighted by Crippen LogP contribution is -3.00. The van der Waals surface area contributed by atoms with Gasteiger partial charge in [0.15, 0.2) is 29.6 Å². The van der Waals surface area contributed by atoms with Gasteiger partial charge in [-0.05, 0) is 55.7 Å². The number of nitrogens with one attached hydrogen (secondary N) is 3. The van der Waals surface area contributed by atoms with E-state index < -0.39 is 11.6 Å². The van der Waals surface area contributed by atoms with E-state index in [4.69, 9.17) is 4.74 Å². The molecule has 10 nitrogen and oxygen atoms in total. The second-order valence-corrected chi connectivity index (χ2v) is 11.6. The molecule has 4 aromatic rings. The van der Waals surface area contributed by atoms with E-state index in [2.05, 4.69) is 25.9 Å². The number of aryl methyl sites for hydroxylation is 1. The molecule has 1 aliphatic carbocycles. The van der Waals surface area contributed by atoms with Crippen molar-refractivity contribution in [3.8, 4) is 17.0 Å². The van der Waals surface area contributed by atoms with Crippen LogP contribution in [-0.2, 0) is 4.79 Å². The molecule has 0 radical (unpaired) electrons. The van der Waals surface area contributed by atoms with Crippen LogP contribution in [0.15, 0.2) is 48.9 Å². The van der Waals surface area contributed by atoms with Crippen molar-refractivity contribution < 1.29 is 40.0 Å². The third-order valence-electron chi connectivity index (χ3n) is 7.16. The van der Waals surface area contributed by atoms with Crippen molar-refractivity contribution in [3.05, 3.63) is 71.7 Å². The van der Waals surface area contributed by atoms with Crippen molar-refractivity contribution in [1.29, 1.82) is 0 Å². The third kappa shape index (κ3) is 6.86. The Hall–Kier alpha value is -4.29. The van der Waals surface area contributed by atoms with Crippen molar-refractivity contribution >= 4 is 29.0 Å². The number of fused-ring (bicyclic) bond motifs is 1. The summed E-state index contributed by atoms with van der Waals surface area (Å²) in [6.07, 6.45) is 5.99. The molecule has 228 valence electrons. The molecule has 2 heterocycles. The van der Waals surface area contributed by atoms with E-state index in [0.29, 0.717) is 52.3 Å². The number of methoxy groups -OCH3 is 1. The van der Waals surface area contributed by atoms with Crippen LogP contribution in [0, 0.1) is 18.6 Å². The number of nitrogens with zero attached hydrogens (tertiary/aromatic N) is 4. The molecule has 5 rings (SSSR count). The zero-order valence-corrected chi connectivity index (χ0v) is 25.3. The summed E-state index contributed by atoms with van der Waals surface area (Å²) < 4.78 is 36.2. The van der Waals surface area contributed by atoms with E-state index >= 15 is 0 Å². The highest BCUT2D eigenvalue weighted by Gasteiger charge is 2.32. The number of imidazole rings is 1. The molecule has 0 spiro atoms. The number of hydrogen-bond donors (Lipinski definition) is 3. The van der Waals surface area contributed by atoms with Crippen molar-refractivity contribution in [2.75, 3.05) is 40.1 Å². The summed E-state index contributed by atoms with van der Waals surface area (Å²) in [6.45, 7) is 2.25. The Morgan fingerprint density at radius 1 is 1.05 bits per heavy atom. The fourth-order valence-electron chi connectivity index (χ4n) is 5.05. The Morgan fingerprint density at radius 3 is 2.44 bits per heavy atom. The molecular formula is C30H34ClF2N7O3. The molecule has 0 unspecified atom stereocenters. The smallest absolute Gasteiger partial charge is 0.275 e. The standard InChI is InChI=1S/C30H33F2N7O3.ClH/c1-17-12-18(6-7-21(17)30(41)37-20-13-19(14-20)35-25(40)16-39(2,3)4)36-28-29-34-15-23(38(29)11-10-33-28)22-8-9-24(42-5)27(32)26(22)31;/h6-12,15,19-20H,13-14,16H2,1-5H3,(H2-,33,35,36,37,40,41);1H. The Bertz CT molecular complexity index is 1670. The Balaban J connectivity index is 0.00000423. The summed E-state index contributed by atoms with van der Waals surface area (Å²) >= 11 is 0. The highest BCUT2D eigenvalue weighted by atomic mass is 35.5. The van der Waals surface area contributed by atoms with Gasteiger partial charge in [0.1, 0.15) is 0 Å². The van der Waals surface area contributed by atoms with Crippen LogP contribution >= 0.6 is 0 Å². The predicted molar refractivity (Wildman–Crippen MR) is 155 cm³/mol. The Labute approximate surface area is 254 Å². The van der Waals surface area contributed by atoms with Crippen molar-refractivity contribution in [2.24, 2.45) is 0 Å². The lowest BCUT2D eigenvalue weighted by molar-refractivity contribution is -0.862. The van der Waals surface area contributed by atoms with Gasteiger partial charge in [-0.1, -0.05) is 0 Å². The lowest BCUT2D eigenvalue weighted by Gasteiger charge is -2.37. The van der Waals surface area contributed by atoms with E-state index in [1.165, 1.54) is 31.6 Å². The number of benzene rings is 2. The first-order chi connectivity index (χ1) is 19.9. The van der Waals surface area contributed by atoms with Gasteiger partial charge in [-0.2, -0.15) is 4.39 Å². The minimum absolute atomic E-state index is 0. The van der Waals surface area contributed by atoms with Crippen LogP contribution in [0.4, 0.5) is 20.3 Å². The fourth-order valence-corrected chi connectivity index (χ4v) is 5.05. The van der Waals surface area contributed by atoms with Crippen molar-refractivity contribution in [1.82, 2.24) is 25.0 Å². The maximum Gasteiger partial charge on any atom is 0.275 e. The van der Waals surface area contributed by atoms with Gasteiger partial charge in [0.05, 0.1) is 40.1 Å². The van der Waals surface area contributed by atoms with Crippen LogP contribution in [0.5, 0.6) is 5.75 Å². The minimum atomic E-state index is -1.07. The normalized spacial score (nSPS) is 16.2. The fraction of sp³-hybridized carbons (Fsp3) is 0.333. The van der Waals surface area contributed by atoms with Crippen LogP contribution < -0.4 is 33.1 Å². The average molecular weight is 614 g/mol. The highest BCUT2D eigenvalue weighted by Crippen LogP contribution is 2.31. The van der Waals surface area contributed by atoms with Crippen molar-refractivity contribution in [2.45, 2.75) is 31.8 Å². The van der Waals surface area contributed by atoms with E-state index in [9.17, 15) is 18.4 Å². The van der Waals surface area contributed by atoms with Crippen LogP contribution in [-0.4, -0.2) is 77.5 Å². The van der Waals surface area contributed by atoms with Gasteiger partial charge in [0, 0.05) is 41.3 Å². The van der Waals surface area contributed by atoms with Crippen molar-refractivity contribution in [3.63, 3.8) is 0 Å². The molecule has 1 fully saturated rings. The summed E-state index contributed by atoms with van der Waals surface area (Å²) in [7, 11) is 7.17. The molecule has 2 amide bonds. The maximum absolute atomic E-state index is 14.8. The van der Waals surface area contributed by atoms with Gasteiger partial charge in [-0.25, -0.2) is 14.4 Å². The predicted octanol–water partition coefficient (Wildman–Crippen LogP) is 0.822. The second kappa shape index (κ2) is 12.5. The number of amides is 2. The monoisotopic (exact) mass is 613 g/mol. The molecule has 0 saturated heterocycles. The van der Waals surface area contributed by atoms with Crippen LogP contribution in [0.3, 0.4) is 0 Å². The molecule has 0 bridgehead atoms. The number of aromatic nitrogens is 3. The summed E-state index contributed by atoms with van der Waals surface area (Å²) in [5.74, 6) is -2.05. The second-order valence-electron chi connectivity index (χ2n) is 11.6. The number of carbonyl (C=O) groups excluding carboxylic acids is 2. The quantitative estimate of drug-likeness (QED) is 0.241. The number of ether oxygens (including phenoxy) is 1. The first-order valence-electron chi connectivity index (χ1n) is 13.6.